The van der Waals surface area contributed by atoms with Crippen molar-refractivity contribution in [1.82, 2.24) is 0 Å². The van der Waals surface area contributed by atoms with Crippen molar-refractivity contribution in [2.75, 3.05) is 21.3 Å². The van der Waals surface area contributed by atoms with Gasteiger partial charge in [-0.05, 0) is 128 Å². The van der Waals surface area contributed by atoms with Gasteiger partial charge in [0.1, 0.15) is 17.2 Å². The van der Waals surface area contributed by atoms with Crippen molar-refractivity contribution >= 4 is 80.3 Å². The Kier molecular flexibility index (Phi) is 21.2. The second-order valence-corrected chi connectivity index (χ2v) is 20.5. The van der Waals surface area contributed by atoms with Crippen LogP contribution >= 0.6 is 62.4 Å². The zero-order valence-corrected chi connectivity index (χ0v) is 41.6. The van der Waals surface area contributed by atoms with Gasteiger partial charge in [0, 0.05) is 29.1 Å². The van der Waals surface area contributed by atoms with Gasteiger partial charge in [-0.1, -0.05) is 172 Å². The molecule has 10 heteroatoms. The molecule has 6 aromatic rings. The lowest BCUT2D eigenvalue weighted by Gasteiger charge is -2.39. The first-order valence-electron chi connectivity index (χ1n) is 21.0. The summed E-state index contributed by atoms with van der Waals surface area (Å²) in [7, 11) is 3.40. The van der Waals surface area contributed by atoms with E-state index in [2.05, 4.69) is 121 Å². The summed E-state index contributed by atoms with van der Waals surface area (Å²) >= 11 is 9.21. The molecule has 2 aliphatic rings. The minimum atomic E-state index is -1.47. The van der Waals surface area contributed by atoms with E-state index in [4.69, 9.17) is 24.3 Å². The average Bonchev–Trinajstić information content (AvgIpc) is 3.32. The van der Waals surface area contributed by atoms with Gasteiger partial charge in [-0.15, -0.1) is 0 Å². The van der Waals surface area contributed by atoms with Crippen molar-refractivity contribution < 1.29 is 24.3 Å². The van der Waals surface area contributed by atoms with E-state index < -0.39 is 7.12 Å². The average molecular weight is 1080 g/mol. The van der Waals surface area contributed by atoms with Crippen LogP contribution in [0.15, 0.2) is 155 Å². The molecule has 0 spiro atoms. The van der Waals surface area contributed by atoms with Crippen LogP contribution in [0.1, 0.15) is 64.2 Å². The molecule has 0 heterocycles. The van der Waals surface area contributed by atoms with E-state index >= 15 is 0 Å². The summed E-state index contributed by atoms with van der Waals surface area (Å²) in [4.78, 5) is 0. The fourth-order valence-corrected chi connectivity index (χ4v) is 13.2. The predicted molar refractivity (Wildman–Crippen MR) is 275 cm³/mol. The fraction of sp³-hybridized carbons (Fsp3) is 0.294. The van der Waals surface area contributed by atoms with E-state index in [0.29, 0.717) is 11.2 Å². The van der Waals surface area contributed by atoms with Crippen molar-refractivity contribution in [3.8, 4) is 39.5 Å². The topological polar surface area (TPSA) is 68.2 Å². The SMILES string of the molecule is Brc1ccccc1I.COc1ccccc1-c1ccccc1Br.COc1ccccc1-c1ccccc1P(C1CCCCC1)C1CCCCC1.COc1ccccc1B(O)O. The molecule has 2 fully saturated rings. The smallest absolute Gasteiger partial charge is 0.492 e. The molecule has 0 unspecified atom stereocenters. The number of ether oxygens (including phenoxy) is 3. The molecule has 0 saturated heterocycles. The summed E-state index contributed by atoms with van der Waals surface area (Å²) in [5.41, 5.74) is 7.18. The summed E-state index contributed by atoms with van der Waals surface area (Å²) in [6.07, 6.45) is 14.4. The third kappa shape index (κ3) is 14.4. The van der Waals surface area contributed by atoms with Crippen LogP contribution in [0.25, 0.3) is 22.3 Å². The molecule has 0 aliphatic heterocycles. The molecule has 2 saturated carbocycles. The molecule has 61 heavy (non-hydrogen) atoms. The first-order chi connectivity index (χ1) is 29.8. The molecule has 2 aliphatic carbocycles. The quantitative estimate of drug-likeness (QED) is 0.0858. The largest absolute Gasteiger partial charge is 0.497 e. The minimum Gasteiger partial charge on any atom is -0.497 e. The van der Waals surface area contributed by atoms with E-state index in [1.165, 1.54) is 90.5 Å². The van der Waals surface area contributed by atoms with Crippen LogP contribution in [0.5, 0.6) is 17.2 Å². The third-order valence-electron chi connectivity index (χ3n) is 11.0. The van der Waals surface area contributed by atoms with E-state index in [9.17, 15) is 0 Å². The van der Waals surface area contributed by atoms with Crippen molar-refractivity contribution in [3.63, 3.8) is 0 Å². The van der Waals surface area contributed by atoms with Gasteiger partial charge in [0.2, 0.25) is 0 Å². The molecule has 0 atom stereocenters. The second-order valence-electron chi connectivity index (χ2n) is 14.9. The van der Waals surface area contributed by atoms with Crippen LogP contribution in [0.2, 0.25) is 0 Å². The van der Waals surface area contributed by atoms with E-state index in [1.54, 1.807) is 43.8 Å². The van der Waals surface area contributed by atoms with Crippen molar-refractivity contribution in [3.05, 3.63) is 158 Å². The minimum absolute atomic E-state index is 0.109. The van der Waals surface area contributed by atoms with Crippen LogP contribution in [-0.2, 0) is 0 Å². The number of hydrogen-bond acceptors (Lipinski definition) is 5. The van der Waals surface area contributed by atoms with Gasteiger partial charge in [0.25, 0.3) is 0 Å². The summed E-state index contributed by atoms with van der Waals surface area (Å²) in [6.45, 7) is 0. The number of halogens is 3. The van der Waals surface area contributed by atoms with Gasteiger partial charge < -0.3 is 24.3 Å². The zero-order chi connectivity index (χ0) is 43.4. The summed E-state index contributed by atoms with van der Waals surface area (Å²) < 4.78 is 19.5. The highest BCUT2D eigenvalue weighted by Gasteiger charge is 2.34. The number of hydrogen-bond donors (Lipinski definition) is 2. The highest BCUT2D eigenvalue weighted by molar-refractivity contribution is 14.1. The number of benzene rings is 6. The van der Waals surface area contributed by atoms with Crippen LogP contribution < -0.4 is 25.0 Å². The Morgan fingerprint density at radius 3 is 1.31 bits per heavy atom. The molecule has 0 bridgehead atoms. The number of para-hydroxylation sites is 3. The van der Waals surface area contributed by atoms with Crippen LogP contribution in [-0.4, -0.2) is 49.8 Å². The fourth-order valence-electron chi connectivity index (χ4n) is 8.07. The highest BCUT2D eigenvalue weighted by Crippen LogP contribution is 2.56. The van der Waals surface area contributed by atoms with Gasteiger partial charge in [-0.25, -0.2) is 0 Å². The predicted octanol–water partition coefficient (Wildman–Crippen LogP) is 13.7. The first-order valence-corrected chi connectivity index (χ1v) is 25.2. The molecule has 6 aromatic carbocycles. The Morgan fingerprint density at radius 2 is 0.869 bits per heavy atom. The Bertz CT molecular complexity index is 2170. The molecule has 320 valence electrons. The zero-order valence-electron chi connectivity index (χ0n) is 35.4. The molecule has 0 aromatic heterocycles. The number of rotatable bonds is 9. The second kappa shape index (κ2) is 26.4. The van der Waals surface area contributed by atoms with E-state index in [0.717, 1.165) is 38.4 Å². The maximum atomic E-state index is 8.81. The number of methoxy groups -OCH3 is 3. The lowest BCUT2D eigenvalue weighted by Crippen LogP contribution is -2.30. The maximum absolute atomic E-state index is 8.81. The summed E-state index contributed by atoms with van der Waals surface area (Å²) in [6, 6.07) is 48.9. The Labute approximate surface area is 396 Å². The monoisotopic (exact) mass is 1080 g/mol. The standard InChI is InChI=1S/C25H33OP.C13H11BrO.C7H9BO3.C6H4BrI/c1-26-24-18-10-8-16-22(24)23-17-9-11-19-25(23)27(20-12-4-2-5-13-20)21-14-6-3-7-15-21;1-15-13-9-5-3-7-11(13)10-6-2-4-8-12(10)14;1-11-7-5-3-2-4-6(7)8(9)10;7-5-3-1-2-4-6(5)8/h8-11,16-21H,2-7,12-15H2,1H3;2-9H,1H3;2-5,9-10H,1H3;1-4H. The lowest BCUT2D eigenvalue weighted by atomic mass is 9.80. The highest BCUT2D eigenvalue weighted by atomic mass is 127. The van der Waals surface area contributed by atoms with Crippen LogP contribution in [0, 0.1) is 3.57 Å². The molecule has 5 nitrogen and oxygen atoms in total. The van der Waals surface area contributed by atoms with E-state index in [-0.39, 0.29) is 7.92 Å². The molecule has 8 rings (SSSR count). The Hall–Kier alpha value is -3.18. The lowest BCUT2D eigenvalue weighted by molar-refractivity contribution is 0.403. The summed E-state index contributed by atoms with van der Waals surface area (Å²) in [5, 5.41) is 19.3. The van der Waals surface area contributed by atoms with Crippen molar-refractivity contribution in [2.45, 2.75) is 75.5 Å². The molecular weight excluding hydrogens is 1020 g/mol. The van der Waals surface area contributed by atoms with E-state index in [1.807, 2.05) is 54.6 Å². The normalized spacial score (nSPS) is 13.9. The first kappa shape index (κ1) is 48.9. The van der Waals surface area contributed by atoms with Crippen molar-refractivity contribution in [2.24, 2.45) is 0 Å². The Balaban J connectivity index is 0.000000173. The van der Waals surface area contributed by atoms with Crippen molar-refractivity contribution in [1.29, 1.82) is 0 Å². The molecule has 0 radical (unpaired) electrons. The summed E-state index contributed by atoms with van der Waals surface area (Å²) in [5.74, 6) is 2.39. The van der Waals surface area contributed by atoms with Gasteiger partial charge in [-0.3, -0.25) is 0 Å². The molecule has 0 amide bonds. The van der Waals surface area contributed by atoms with Gasteiger partial charge >= 0.3 is 7.12 Å². The maximum Gasteiger partial charge on any atom is 0.492 e. The Morgan fingerprint density at radius 1 is 0.475 bits per heavy atom. The molecular formula is C51H57BBr2IO5P. The van der Waals surface area contributed by atoms with Crippen LogP contribution in [0.4, 0.5) is 0 Å². The van der Waals surface area contributed by atoms with Gasteiger partial charge in [-0.2, -0.15) is 0 Å². The van der Waals surface area contributed by atoms with Crippen LogP contribution in [0.3, 0.4) is 0 Å². The molecule has 2 N–H and O–H groups in total. The van der Waals surface area contributed by atoms with Gasteiger partial charge in [0.05, 0.1) is 21.3 Å². The van der Waals surface area contributed by atoms with Gasteiger partial charge in [0.15, 0.2) is 0 Å². The third-order valence-corrected chi connectivity index (χ3v) is 17.6.